The number of nitrogens with two attached hydrogens (primary N) is 1. The summed E-state index contributed by atoms with van der Waals surface area (Å²) >= 11 is 0. The molecule has 2 N–H and O–H groups in total. The minimum Gasteiger partial charge on any atom is -0.388 e. The van der Waals surface area contributed by atoms with E-state index in [1.165, 1.54) is 24.4 Å². The maximum absolute atomic E-state index is 10.5. The van der Waals surface area contributed by atoms with Gasteiger partial charge in [-0.15, -0.1) is 0 Å². The van der Waals surface area contributed by atoms with E-state index in [4.69, 9.17) is 16.3 Å². The third kappa shape index (κ3) is 4.09. The number of allylic oxidation sites excluding steroid dienone is 3. The fourth-order valence-electron chi connectivity index (χ4n) is 1.19. The molecule has 0 bridgehead atoms. The summed E-state index contributed by atoms with van der Waals surface area (Å²) in [6.45, 7) is 0. The van der Waals surface area contributed by atoms with E-state index in [0.717, 1.165) is 5.56 Å². The number of benzene rings is 1. The third-order valence-corrected chi connectivity index (χ3v) is 2.16. The molecule has 20 heavy (non-hydrogen) atoms. The summed E-state index contributed by atoms with van der Waals surface area (Å²) in [5, 5.41) is 27.7. The van der Waals surface area contributed by atoms with Crippen molar-refractivity contribution < 1.29 is 4.92 Å². The molecule has 0 heterocycles. The van der Waals surface area contributed by atoms with Crippen LogP contribution in [0.2, 0.25) is 0 Å². The molecule has 0 amide bonds. The Hall–Kier alpha value is -3.45. The number of nitro groups is 1. The van der Waals surface area contributed by atoms with Crippen LogP contribution in [-0.2, 0) is 0 Å². The monoisotopic (exact) mass is 267 g/mol. The third-order valence-electron chi connectivity index (χ3n) is 2.16. The number of non-ortho nitro benzene ring substituents is 1. The molecule has 7 nitrogen and oxygen atoms in total. The van der Waals surface area contributed by atoms with Crippen LogP contribution < -0.4 is 5.73 Å². The fraction of sp³-hybridized carbons (Fsp3) is 0. The lowest BCUT2D eigenvalue weighted by atomic mass is 10.2. The van der Waals surface area contributed by atoms with Crippen LogP contribution in [0.5, 0.6) is 0 Å². The first-order valence-electron chi connectivity index (χ1n) is 5.33. The van der Waals surface area contributed by atoms with Gasteiger partial charge >= 0.3 is 0 Å². The van der Waals surface area contributed by atoms with Crippen molar-refractivity contribution in [3.63, 3.8) is 0 Å². The highest BCUT2D eigenvalue weighted by Crippen LogP contribution is 2.12. The van der Waals surface area contributed by atoms with Gasteiger partial charge in [-0.05, 0) is 23.8 Å². The molecule has 0 fully saturated rings. The second-order valence-electron chi connectivity index (χ2n) is 3.47. The number of rotatable bonds is 4. The van der Waals surface area contributed by atoms with Gasteiger partial charge in [0.25, 0.3) is 5.69 Å². The predicted molar refractivity (Wildman–Crippen MR) is 73.1 cm³/mol. The highest BCUT2D eigenvalue weighted by atomic mass is 16.6. The number of hydrogen-bond donors (Lipinski definition) is 1. The van der Waals surface area contributed by atoms with Crippen LogP contribution in [-0.4, -0.2) is 11.1 Å². The van der Waals surface area contributed by atoms with Gasteiger partial charge in [-0.25, -0.2) is 4.99 Å². The van der Waals surface area contributed by atoms with Crippen LogP contribution >= 0.6 is 0 Å². The minimum atomic E-state index is -0.483. The highest BCUT2D eigenvalue weighted by Gasteiger charge is 2.01. The Kier molecular flexibility index (Phi) is 5.18. The molecule has 0 radical (unpaired) electrons. The molecular weight excluding hydrogens is 258 g/mol. The smallest absolute Gasteiger partial charge is 0.269 e. The van der Waals surface area contributed by atoms with Gasteiger partial charge in [-0.1, -0.05) is 6.08 Å². The first-order chi connectivity index (χ1) is 9.58. The summed E-state index contributed by atoms with van der Waals surface area (Å²) in [6, 6.07) is 9.23. The Morgan fingerprint density at radius 1 is 1.30 bits per heavy atom. The molecule has 0 aliphatic heterocycles. The Morgan fingerprint density at radius 3 is 2.45 bits per heavy atom. The van der Waals surface area contributed by atoms with Gasteiger partial charge in [0, 0.05) is 18.3 Å². The number of aliphatic imine (C=N–C) groups is 1. The minimum absolute atomic E-state index is 0.00677. The molecule has 1 aromatic carbocycles. The zero-order chi connectivity index (χ0) is 15.0. The zero-order valence-corrected chi connectivity index (χ0v) is 10.2. The van der Waals surface area contributed by atoms with Gasteiger partial charge < -0.3 is 5.73 Å². The standard InChI is InChI=1S/C13H9N5O2/c14-8-12(16)13(9-15)17-7-1-2-10-3-5-11(6-4-10)18(19)20/h1-7H,16H2/b2-1+,13-12-,17-7+. The van der Waals surface area contributed by atoms with Crippen LogP contribution in [0.15, 0.2) is 46.7 Å². The van der Waals surface area contributed by atoms with Crippen molar-refractivity contribution >= 4 is 18.0 Å². The number of nitriles is 2. The summed E-state index contributed by atoms with van der Waals surface area (Å²) in [5.41, 5.74) is 5.58. The van der Waals surface area contributed by atoms with E-state index in [2.05, 4.69) is 4.99 Å². The molecular formula is C13H9N5O2. The van der Waals surface area contributed by atoms with Crippen molar-refractivity contribution in [1.29, 1.82) is 10.5 Å². The topological polar surface area (TPSA) is 129 Å². The lowest BCUT2D eigenvalue weighted by molar-refractivity contribution is -0.384. The molecule has 0 saturated heterocycles. The second kappa shape index (κ2) is 7.09. The van der Waals surface area contributed by atoms with E-state index < -0.39 is 4.92 Å². The SMILES string of the molecule is N#C/C(N)=C(C#N)/N=C/C=C/c1ccc([N+](=O)[O-])cc1. The Labute approximate surface area is 114 Å². The average Bonchev–Trinajstić information content (AvgIpc) is 2.47. The molecule has 0 unspecified atom stereocenters. The van der Waals surface area contributed by atoms with Crippen LogP contribution in [0.1, 0.15) is 5.56 Å². The molecule has 7 heteroatoms. The van der Waals surface area contributed by atoms with Crippen molar-refractivity contribution in [2.24, 2.45) is 10.7 Å². The molecule has 1 rings (SSSR count). The summed E-state index contributed by atoms with van der Waals surface area (Å²) < 4.78 is 0. The van der Waals surface area contributed by atoms with E-state index in [1.807, 2.05) is 0 Å². The van der Waals surface area contributed by atoms with Gasteiger partial charge in [0.05, 0.1) is 4.92 Å². The van der Waals surface area contributed by atoms with E-state index in [0.29, 0.717) is 0 Å². The normalized spacial score (nSPS) is 11.9. The zero-order valence-electron chi connectivity index (χ0n) is 10.2. The van der Waals surface area contributed by atoms with Crippen molar-refractivity contribution in [2.45, 2.75) is 0 Å². The molecule has 0 aliphatic rings. The lowest BCUT2D eigenvalue weighted by Crippen LogP contribution is -1.97. The van der Waals surface area contributed by atoms with Crippen molar-refractivity contribution in [3.8, 4) is 12.1 Å². The Balaban J connectivity index is 2.78. The van der Waals surface area contributed by atoms with Crippen molar-refractivity contribution in [1.82, 2.24) is 0 Å². The Bertz CT molecular complexity index is 672. The largest absolute Gasteiger partial charge is 0.388 e. The van der Waals surface area contributed by atoms with Gasteiger partial charge in [0.15, 0.2) is 5.70 Å². The van der Waals surface area contributed by atoms with Crippen molar-refractivity contribution in [2.75, 3.05) is 0 Å². The molecule has 1 aromatic rings. The van der Waals surface area contributed by atoms with E-state index in [9.17, 15) is 10.1 Å². The molecule has 98 valence electrons. The van der Waals surface area contributed by atoms with E-state index in [1.54, 1.807) is 30.3 Å². The summed E-state index contributed by atoms with van der Waals surface area (Å²) in [4.78, 5) is 13.7. The molecule has 0 spiro atoms. The van der Waals surface area contributed by atoms with E-state index >= 15 is 0 Å². The summed E-state index contributed by atoms with van der Waals surface area (Å²) in [6.07, 6.45) is 4.48. The fourth-order valence-corrected chi connectivity index (χ4v) is 1.19. The molecule has 0 aromatic heterocycles. The predicted octanol–water partition coefficient (Wildman–Crippen LogP) is 1.90. The first kappa shape index (κ1) is 14.6. The molecule has 0 saturated carbocycles. The molecule has 0 aliphatic carbocycles. The van der Waals surface area contributed by atoms with E-state index in [-0.39, 0.29) is 17.1 Å². The maximum Gasteiger partial charge on any atom is 0.269 e. The average molecular weight is 267 g/mol. The van der Waals surface area contributed by atoms with Crippen LogP contribution in [0.3, 0.4) is 0 Å². The van der Waals surface area contributed by atoms with Gasteiger partial charge in [0.2, 0.25) is 0 Å². The van der Waals surface area contributed by atoms with Crippen LogP contribution in [0.25, 0.3) is 6.08 Å². The number of nitrogens with zero attached hydrogens (tertiary/aromatic N) is 4. The molecule has 0 atom stereocenters. The lowest BCUT2D eigenvalue weighted by Gasteiger charge is -1.92. The van der Waals surface area contributed by atoms with Crippen LogP contribution in [0, 0.1) is 32.8 Å². The van der Waals surface area contributed by atoms with Gasteiger partial charge in [-0.2, -0.15) is 10.5 Å². The number of nitro benzene ring substituents is 1. The van der Waals surface area contributed by atoms with Crippen molar-refractivity contribution in [3.05, 3.63) is 57.4 Å². The highest BCUT2D eigenvalue weighted by molar-refractivity contribution is 5.79. The Morgan fingerprint density at radius 2 is 1.95 bits per heavy atom. The number of hydrogen-bond acceptors (Lipinski definition) is 6. The quantitative estimate of drug-likeness (QED) is 0.385. The summed E-state index contributed by atoms with van der Waals surface area (Å²) in [5.74, 6) is 0. The van der Waals surface area contributed by atoms with Gasteiger partial charge in [0.1, 0.15) is 17.8 Å². The first-order valence-corrected chi connectivity index (χ1v) is 5.33. The van der Waals surface area contributed by atoms with Crippen LogP contribution in [0.4, 0.5) is 5.69 Å². The van der Waals surface area contributed by atoms with Gasteiger partial charge in [-0.3, -0.25) is 10.1 Å². The maximum atomic E-state index is 10.5. The second-order valence-corrected chi connectivity index (χ2v) is 3.47. The summed E-state index contributed by atoms with van der Waals surface area (Å²) in [7, 11) is 0.